The number of esters is 1. The summed E-state index contributed by atoms with van der Waals surface area (Å²) in [4.78, 5) is 12.1. The zero-order valence-corrected chi connectivity index (χ0v) is 11.7. The monoisotopic (exact) mass is 253 g/mol. The Morgan fingerprint density at radius 1 is 1.11 bits per heavy atom. The summed E-state index contributed by atoms with van der Waals surface area (Å²) in [5.41, 5.74) is 0.0179. The van der Waals surface area contributed by atoms with Crippen LogP contribution in [0.25, 0.3) is 0 Å². The molecule has 2 fully saturated rings. The molecule has 0 aliphatic heterocycles. The first kappa shape index (κ1) is 13.9. The van der Waals surface area contributed by atoms with Crippen molar-refractivity contribution in [1.29, 1.82) is 0 Å². The number of carbonyl (C=O) groups is 1. The van der Waals surface area contributed by atoms with Crippen LogP contribution in [0.4, 0.5) is 0 Å². The van der Waals surface area contributed by atoms with E-state index in [1.54, 1.807) is 0 Å². The van der Waals surface area contributed by atoms with Crippen LogP contribution in [0, 0.1) is 0 Å². The highest BCUT2D eigenvalue weighted by molar-refractivity contribution is 5.71. The molecule has 0 unspecified atom stereocenters. The van der Waals surface area contributed by atoms with Crippen LogP contribution in [0.3, 0.4) is 0 Å². The lowest BCUT2D eigenvalue weighted by Gasteiger charge is -2.36. The molecule has 18 heavy (non-hydrogen) atoms. The molecule has 2 rings (SSSR count). The topological polar surface area (TPSA) is 38.3 Å². The van der Waals surface area contributed by atoms with Crippen molar-refractivity contribution in [2.75, 3.05) is 7.05 Å². The molecule has 0 heterocycles. The third-order valence-electron chi connectivity index (χ3n) is 4.67. The van der Waals surface area contributed by atoms with Crippen LogP contribution in [0.2, 0.25) is 0 Å². The summed E-state index contributed by atoms with van der Waals surface area (Å²) in [6.45, 7) is 0. The van der Waals surface area contributed by atoms with Gasteiger partial charge in [0.2, 0.25) is 0 Å². The normalized spacial score (nSPS) is 24.7. The number of nitrogens with one attached hydrogen (secondary N) is 1. The molecule has 3 heteroatoms. The summed E-state index contributed by atoms with van der Waals surface area (Å²) >= 11 is 0. The number of ether oxygens (including phenoxy) is 1. The lowest BCUT2D eigenvalue weighted by atomic mass is 9.79. The lowest BCUT2D eigenvalue weighted by Crippen LogP contribution is -2.47. The van der Waals surface area contributed by atoms with E-state index in [-0.39, 0.29) is 17.6 Å². The number of rotatable bonds is 4. The van der Waals surface area contributed by atoms with E-state index in [4.69, 9.17) is 4.74 Å². The Balaban J connectivity index is 1.81. The van der Waals surface area contributed by atoms with Gasteiger partial charge >= 0.3 is 5.97 Å². The van der Waals surface area contributed by atoms with Gasteiger partial charge in [0.25, 0.3) is 0 Å². The number of hydrogen-bond acceptors (Lipinski definition) is 3. The molecular weight excluding hydrogens is 226 g/mol. The van der Waals surface area contributed by atoms with Crippen LogP contribution in [0.1, 0.15) is 70.6 Å². The van der Waals surface area contributed by atoms with E-state index in [9.17, 15) is 4.79 Å². The summed E-state index contributed by atoms with van der Waals surface area (Å²) < 4.78 is 5.64. The quantitative estimate of drug-likeness (QED) is 0.782. The molecule has 104 valence electrons. The number of hydrogen-bond donors (Lipinski definition) is 1. The Hall–Kier alpha value is -0.570. The smallest absolute Gasteiger partial charge is 0.307 e. The third kappa shape index (κ3) is 3.71. The molecule has 0 radical (unpaired) electrons. The molecule has 0 aromatic carbocycles. The summed E-state index contributed by atoms with van der Waals surface area (Å²) in [5, 5.41) is 3.38. The Morgan fingerprint density at radius 2 is 1.72 bits per heavy atom. The van der Waals surface area contributed by atoms with E-state index in [0.29, 0.717) is 6.42 Å². The Kier molecular flexibility index (Phi) is 5.04. The SMILES string of the molecule is CNC1(CC(=O)OC2CCCCC2)CCCCC1. The number of carbonyl (C=O) groups excluding carboxylic acids is 1. The van der Waals surface area contributed by atoms with Gasteiger partial charge in [0, 0.05) is 5.54 Å². The zero-order chi connectivity index (χ0) is 12.8. The fourth-order valence-corrected chi connectivity index (χ4v) is 3.43. The van der Waals surface area contributed by atoms with Gasteiger partial charge in [-0.05, 0) is 45.6 Å². The highest BCUT2D eigenvalue weighted by atomic mass is 16.5. The molecule has 0 atom stereocenters. The fraction of sp³-hybridized carbons (Fsp3) is 0.933. The predicted molar refractivity (Wildman–Crippen MR) is 72.5 cm³/mol. The van der Waals surface area contributed by atoms with Gasteiger partial charge in [-0.25, -0.2) is 0 Å². The van der Waals surface area contributed by atoms with E-state index in [2.05, 4.69) is 5.32 Å². The Morgan fingerprint density at radius 3 is 2.33 bits per heavy atom. The maximum Gasteiger partial charge on any atom is 0.307 e. The van der Waals surface area contributed by atoms with Crippen LogP contribution in [0.5, 0.6) is 0 Å². The Labute approximate surface area is 111 Å². The summed E-state index contributed by atoms with van der Waals surface area (Å²) in [7, 11) is 1.99. The van der Waals surface area contributed by atoms with Gasteiger partial charge in [-0.2, -0.15) is 0 Å². The third-order valence-corrected chi connectivity index (χ3v) is 4.67. The molecule has 0 spiro atoms. The standard InChI is InChI=1S/C15H27NO2/c1-16-15(10-6-3-7-11-15)12-14(17)18-13-8-4-2-5-9-13/h13,16H,2-12H2,1H3. The van der Waals surface area contributed by atoms with Crippen molar-refractivity contribution in [2.24, 2.45) is 0 Å². The molecule has 0 aromatic rings. The van der Waals surface area contributed by atoms with Gasteiger partial charge < -0.3 is 10.1 Å². The molecule has 2 saturated carbocycles. The van der Waals surface area contributed by atoms with Crippen molar-refractivity contribution >= 4 is 5.97 Å². The first-order valence-corrected chi connectivity index (χ1v) is 7.62. The van der Waals surface area contributed by atoms with Crippen LogP contribution in [-0.4, -0.2) is 24.7 Å². The van der Waals surface area contributed by atoms with Crippen LogP contribution < -0.4 is 5.32 Å². The van der Waals surface area contributed by atoms with Crippen LogP contribution in [-0.2, 0) is 9.53 Å². The van der Waals surface area contributed by atoms with Gasteiger partial charge in [-0.1, -0.05) is 25.7 Å². The van der Waals surface area contributed by atoms with Crippen molar-refractivity contribution < 1.29 is 9.53 Å². The van der Waals surface area contributed by atoms with E-state index < -0.39 is 0 Å². The minimum atomic E-state index is 0.0122. The van der Waals surface area contributed by atoms with Crippen molar-refractivity contribution in [2.45, 2.75) is 82.3 Å². The second-order valence-electron chi connectivity index (χ2n) is 6.02. The first-order chi connectivity index (χ1) is 8.74. The molecular formula is C15H27NO2. The molecule has 2 aliphatic carbocycles. The molecule has 1 N–H and O–H groups in total. The first-order valence-electron chi connectivity index (χ1n) is 7.62. The van der Waals surface area contributed by atoms with Crippen molar-refractivity contribution in [3.63, 3.8) is 0 Å². The largest absolute Gasteiger partial charge is 0.462 e. The van der Waals surface area contributed by atoms with E-state index in [0.717, 1.165) is 25.7 Å². The van der Waals surface area contributed by atoms with Gasteiger partial charge in [0.1, 0.15) is 6.10 Å². The van der Waals surface area contributed by atoms with Crippen LogP contribution >= 0.6 is 0 Å². The second kappa shape index (κ2) is 6.55. The van der Waals surface area contributed by atoms with Crippen molar-refractivity contribution in [3.05, 3.63) is 0 Å². The van der Waals surface area contributed by atoms with Gasteiger partial charge in [0.15, 0.2) is 0 Å². The zero-order valence-electron chi connectivity index (χ0n) is 11.7. The van der Waals surface area contributed by atoms with Gasteiger partial charge in [-0.15, -0.1) is 0 Å². The van der Waals surface area contributed by atoms with E-state index in [1.807, 2.05) is 7.05 Å². The van der Waals surface area contributed by atoms with E-state index in [1.165, 1.54) is 38.5 Å². The van der Waals surface area contributed by atoms with Gasteiger partial charge in [0.05, 0.1) is 6.42 Å². The Bertz CT molecular complexity index is 266. The average Bonchev–Trinajstić information content (AvgIpc) is 2.41. The van der Waals surface area contributed by atoms with Crippen molar-refractivity contribution in [3.8, 4) is 0 Å². The minimum absolute atomic E-state index is 0.0122. The predicted octanol–water partition coefficient (Wildman–Crippen LogP) is 3.17. The molecule has 2 aliphatic rings. The molecule has 0 aromatic heterocycles. The molecule has 0 bridgehead atoms. The summed E-state index contributed by atoms with van der Waals surface area (Å²) in [6, 6.07) is 0. The van der Waals surface area contributed by atoms with Crippen molar-refractivity contribution in [1.82, 2.24) is 5.32 Å². The molecule has 0 saturated heterocycles. The van der Waals surface area contributed by atoms with Gasteiger partial charge in [-0.3, -0.25) is 4.79 Å². The highest BCUT2D eigenvalue weighted by Gasteiger charge is 2.34. The second-order valence-corrected chi connectivity index (χ2v) is 6.02. The molecule has 0 amide bonds. The minimum Gasteiger partial charge on any atom is -0.462 e. The molecule has 3 nitrogen and oxygen atoms in total. The van der Waals surface area contributed by atoms with E-state index >= 15 is 0 Å². The highest BCUT2D eigenvalue weighted by Crippen LogP contribution is 2.31. The fourth-order valence-electron chi connectivity index (χ4n) is 3.43. The summed E-state index contributed by atoms with van der Waals surface area (Å²) in [6.07, 6.45) is 12.6. The maximum absolute atomic E-state index is 12.1. The summed E-state index contributed by atoms with van der Waals surface area (Å²) in [5.74, 6) is 0.0122. The van der Waals surface area contributed by atoms with Crippen LogP contribution in [0.15, 0.2) is 0 Å². The maximum atomic E-state index is 12.1. The lowest BCUT2D eigenvalue weighted by molar-refractivity contribution is -0.152. The average molecular weight is 253 g/mol.